The van der Waals surface area contributed by atoms with E-state index in [0.717, 1.165) is 30.2 Å². The van der Waals surface area contributed by atoms with E-state index in [1.807, 2.05) is 25.7 Å². The van der Waals surface area contributed by atoms with Crippen LogP contribution in [-0.4, -0.2) is 53.9 Å². The Bertz CT molecular complexity index is 410. The van der Waals surface area contributed by atoms with Crippen molar-refractivity contribution in [3.8, 4) is 0 Å². The predicted molar refractivity (Wildman–Crippen MR) is 75.7 cm³/mol. The summed E-state index contributed by atoms with van der Waals surface area (Å²) in [5.41, 5.74) is 7.52. The number of nitrogens with two attached hydrogens (primary N) is 1. The second-order valence-corrected chi connectivity index (χ2v) is 4.94. The molecule has 6 heteroatoms. The average molecular weight is 255 g/mol. The molecule has 0 aliphatic carbocycles. The number of aryl methyl sites for hydroxylation is 2. The molecule has 0 saturated carbocycles. The van der Waals surface area contributed by atoms with E-state index < -0.39 is 0 Å². The maximum absolute atomic E-state index is 5.76. The first-order valence-corrected chi connectivity index (χ1v) is 5.94. The number of rotatable bonds is 5. The zero-order valence-corrected chi connectivity index (χ0v) is 12.0. The summed E-state index contributed by atoms with van der Waals surface area (Å²) in [7, 11) is 8.05. The molecule has 0 aliphatic rings. The van der Waals surface area contributed by atoms with Crippen molar-refractivity contribution in [3.63, 3.8) is 0 Å². The minimum Gasteiger partial charge on any atom is -0.389 e. The fourth-order valence-electron chi connectivity index (χ4n) is 1.83. The highest BCUT2D eigenvalue weighted by molar-refractivity contribution is 7.80. The molecule has 96 valence electrons. The van der Waals surface area contributed by atoms with Gasteiger partial charge in [-0.05, 0) is 21.0 Å². The number of anilines is 1. The van der Waals surface area contributed by atoms with Crippen LogP contribution >= 0.6 is 12.2 Å². The van der Waals surface area contributed by atoms with Crippen LogP contribution in [0.15, 0.2) is 0 Å². The van der Waals surface area contributed by atoms with Crippen molar-refractivity contribution in [1.29, 1.82) is 0 Å². The molecule has 0 bridgehead atoms. The Morgan fingerprint density at radius 1 is 1.35 bits per heavy atom. The van der Waals surface area contributed by atoms with Gasteiger partial charge in [-0.25, -0.2) is 0 Å². The monoisotopic (exact) mass is 255 g/mol. The molecule has 0 amide bonds. The van der Waals surface area contributed by atoms with Gasteiger partial charge in [-0.15, -0.1) is 0 Å². The third-order valence-electron chi connectivity index (χ3n) is 2.68. The maximum atomic E-state index is 5.76. The van der Waals surface area contributed by atoms with Crippen LogP contribution in [0.2, 0.25) is 0 Å². The summed E-state index contributed by atoms with van der Waals surface area (Å²) in [6, 6.07) is 0. The fourth-order valence-corrected chi connectivity index (χ4v) is 2.07. The molecule has 0 atom stereocenters. The van der Waals surface area contributed by atoms with Crippen molar-refractivity contribution in [3.05, 3.63) is 11.3 Å². The van der Waals surface area contributed by atoms with Gasteiger partial charge in [0.25, 0.3) is 0 Å². The second-order valence-electron chi connectivity index (χ2n) is 4.50. The summed E-state index contributed by atoms with van der Waals surface area (Å²) in [4.78, 5) is 4.68. The molecule has 1 aromatic rings. The van der Waals surface area contributed by atoms with Gasteiger partial charge in [0.15, 0.2) is 0 Å². The van der Waals surface area contributed by atoms with E-state index in [-0.39, 0.29) is 0 Å². The molecule has 17 heavy (non-hydrogen) atoms. The number of thiocarbonyl (C=S) groups is 1. The van der Waals surface area contributed by atoms with Gasteiger partial charge in [0, 0.05) is 27.2 Å². The standard InChI is InChI=1S/C11H21N5S/c1-8-9(10(12)17)11(16(5)13-8)15(4)7-6-14(2)3/h6-7H2,1-5H3,(H2,12,17). The topological polar surface area (TPSA) is 50.3 Å². The highest BCUT2D eigenvalue weighted by Gasteiger charge is 2.18. The van der Waals surface area contributed by atoms with Crippen LogP contribution < -0.4 is 10.6 Å². The van der Waals surface area contributed by atoms with Gasteiger partial charge in [-0.1, -0.05) is 12.2 Å². The highest BCUT2D eigenvalue weighted by Crippen LogP contribution is 2.21. The summed E-state index contributed by atoms with van der Waals surface area (Å²) >= 11 is 5.09. The highest BCUT2D eigenvalue weighted by atomic mass is 32.1. The zero-order valence-electron chi connectivity index (χ0n) is 11.2. The molecule has 0 aromatic carbocycles. The van der Waals surface area contributed by atoms with E-state index in [1.54, 1.807) is 0 Å². The van der Waals surface area contributed by atoms with Crippen molar-refractivity contribution in [2.24, 2.45) is 12.8 Å². The molecular weight excluding hydrogens is 234 g/mol. The molecular formula is C11H21N5S. The Labute approximate surface area is 108 Å². The molecule has 1 rings (SSSR count). The lowest BCUT2D eigenvalue weighted by Gasteiger charge is -2.22. The van der Waals surface area contributed by atoms with Crippen molar-refractivity contribution >= 4 is 23.0 Å². The van der Waals surface area contributed by atoms with Crippen LogP contribution in [0, 0.1) is 6.92 Å². The Morgan fingerprint density at radius 2 is 1.94 bits per heavy atom. The van der Waals surface area contributed by atoms with E-state index >= 15 is 0 Å². The molecule has 0 fully saturated rings. The van der Waals surface area contributed by atoms with Gasteiger partial charge in [-0.3, -0.25) is 4.68 Å². The van der Waals surface area contributed by atoms with E-state index in [4.69, 9.17) is 18.0 Å². The minimum atomic E-state index is 0.405. The van der Waals surface area contributed by atoms with Gasteiger partial charge in [-0.2, -0.15) is 5.10 Å². The lowest BCUT2D eigenvalue weighted by molar-refractivity contribution is 0.415. The number of likely N-dealkylation sites (N-methyl/N-ethyl adjacent to an activating group) is 2. The average Bonchev–Trinajstić information content (AvgIpc) is 2.49. The van der Waals surface area contributed by atoms with Gasteiger partial charge in [0.1, 0.15) is 10.8 Å². The summed E-state index contributed by atoms with van der Waals surface area (Å²) in [5.74, 6) is 0.983. The minimum absolute atomic E-state index is 0.405. The van der Waals surface area contributed by atoms with E-state index in [0.29, 0.717) is 4.99 Å². The largest absolute Gasteiger partial charge is 0.389 e. The molecule has 0 spiro atoms. The van der Waals surface area contributed by atoms with E-state index in [2.05, 4.69) is 29.0 Å². The van der Waals surface area contributed by atoms with Crippen molar-refractivity contribution in [2.45, 2.75) is 6.92 Å². The van der Waals surface area contributed by atoms with Crippen molar-refractivity contribution in [2.75, 3.05) is 39.1 Å². The molecule has 1 heterocycles. The van der Waals surface area contributed by atoms with Crippen LogP contribution in [0.1, 0.15) is 11.3 Å². The van der Waals surface area contributed by atoms with Gasteiger partial charge >= 0.3 is 0 Å². The second kappa shape index (κ2) is 5.46. The van der Waals surface area contributed by atoms with Crippen molar-refractivity contribution < 1.29 is 0 Å². The number of hydrogen-bond acceptors (Lipinski definition) is 4. The molecule has 2 N–H and O–H groups in total. The summed E-state index contributed by atoms with van der Waals surface area (Å²) in [5, 5.41) is 4.37. The van der Waals surface area contributed by atoms with Crippen LogP contribution in [0.3, 0.4) is 0 Å². The normalized spacial score (nSPS) is 10.9. The van der Waals surface area contributed by atoms with Crippen molar-refractivity contribution in [1.82, 2.24) is 14.7 Å². The first kappa shape index (κ1) is 13.9. The van der Waals surface area contributed by atoms with Crippen LogP contribution in [0.25, 0.3) is 0 Å². The fraction of sp³-hybridized carbons (Fsp3) is 0.636. The molecule has 0 aliphatic heterocycles. The van der Waals surface area contributed by atoms with Crippen LogP contribution in [0.4, 0.5) is 5.82 Å². The van der Waals surface area contributed by atoms with Crippen LogP contribution in [0.5, 0.6) is 0 Å². The number of aromatic nitrogens is 2. The lowest BCUT2D eigenvalue weighted by Crippen LogP contribution is -2.31. The maximum Gasteiger partial charge on any atom is 0.136 e. The summed E-state index contributed by atoms with van der Waals surface area (Å²) in [6.07, 6.45) is 0. The SMILES string of the molecule is Cc1nn(C)c(N(C)CCN(C)C)c1C(N)=S. The first-order valence-electron chi connectivity index (χ1n) is 5.53. The molecule has 0 saturated heterocycles. The summed E-state index contributed by atoms with van der Waals surface area (Å²) in [6.45, 7) is 3.80. The molecule has 0 radical (unpaired) electrons. The Hall–Kier alpha value is -1.14. The number of hydrogen-bond donors (Lipinski definition) is 1. The third-order valence-corrected chi connectivity index (χ3v) is 2.89. The van der Waals surface area contributed by atoms with Gasteiger partial charge < -0.3 is 15.5 Å². The predicted octanol–water partition coefficient (Wildman–Crippen LogP) is 0.361. The zero-order chi connectivity index (χ0) is 13.2. The lowest BCUT2D eigenvalue weighted by atomic mass is 10.2. The van der Waals surface area contributed by atoms with E-state index in [9.17, 15) is 0 Å². The van der Waals surface area contributed by atoms with Gasteiger partial charge in [0.2, 0.25) is 0 Å². The molecule has 0 unspecified atom stereocenters. The summed E-state index contributed by atoms with van der Waals surface area (Å²) < 4.78 is 1.83. The van der Waals surface area contributed by atoms with Crippen LogP contribution in [-0.2, 0) is 7.05 Å². The Balaban J connectivity index is 2.99. The Morgan fingerprint density at radius 3 is 2.41 bits per heavy atom. The quantitative estimate of drug-likeness (QED) is 0.770. The third kappa shape index (κ3) is 3.17. The first-order chi connectivity index (χ1) is 7.84. The van der Waals surface area contributed by atoms with Gasteiger partial charge in [0.05, 0.1) is 11.3 Å². The molecule has 1 aromatic heterocycles. The van der Waals surface area contributed by atoms with E-state index in [1.165, 1.54) is 0 Å². The smallest absolute Gasteiger partial charge is 0.136 e. The number of nitrogens with zero attached hydrogens (tertiary/aromatic N) is 4. The molecule has 5 nitrogen and oxygen atoms in total. The Kier molecular flexibility index (Phi) is 4.47.